The van der Waals surface area contributed by atoms with Gasteiger partial charge in [0.15, 0.2) is 0 Å². The van der Waals surface area contributed by atoms with Crippen molar-refractivity contribution < 1.29 is 17.9 Å². The summed E-state index contributed by atoms with van der Waals surface area (Å²) in [5.41, 5.74) is 5.55. The fraction of sp³-hybridized carbons (Fsp3) is 0.417. The van der Waals surface area contributed by atoms with Crippen LogP contribution in [0.5, 0.6) is 0 Å². The van der Waals surface area contributed by atoms with Gasteiger partial charge in [0.25, 0.3) is 0 Å². The number of aryl methyl sites for hydroxylation is 4. The van der Waals surface area contributed by atoms with Crippen LogP contribution in [0.15, 0.2) is 29.2 Å². The molecule has 0 atom stereocenters. The molecule has 178 valence electrons. The molecule has 0 aliphatic carbocycles. The summed E-state index contributed by atoms with van der Waals surface area (Å²) in [7, 11) is -2.15. The van der Waals surface area contributed by atoms with Gasteiger partial charge in [-0.05, 0) is 58.2 Å². The number of hydrogen-bond donors (Lipinski definition) is 1. The van der Waals surface area contributed by atoms with Gasteiger partial charge in [0.05, 0.1) is 18.0 Å². The number of rotatable bonds is 8. The summed E-state index contributed by atoms with van der Waals surface area (Å²) in [5.74, 6) is -0.448. The normalized spacial score (nSPS) is 11.9. The molecule has 2 heterocycles. The van der Waals surface area contributed by atoms with Crippen LogP contribution in [-0.2, 0) is 34.9 Å². The topological polar surface area (TPSA) is 97.3 Å². The maximum atomic E-state index is 13.9. The van der Waals surface area contributed by atoms with Gasteiger partial charge >= 0.3 is 5.97 Å². The number of benzene rings is 1. The molecule has 1 N–H and O–H groups in total. The van der Waals surface area contributed by atoms with E-state index < -0.39 is 16.0 Å². The molecule has 0 bridgehead atoms. The summed E-state index contributed by atoms with van der Waals surface area (Å²) >= 11 is 0. The van der Waals surface area contributed by atoms with E-state index in [1.807, 2.05) is 45.0 Å². The highest BCUT2D eigenvalue weighted by Gasteiger charge is 2.32. The first-order chi connectivity index (χ1) is 15.5. The van der Waals surface area contributed by atoms with Crippen LogP contribution in [0, 0.1) is 34.6 Å². The van der Waals surface area contributed by atoms with Crippen molar-refractivity contribution in [1.29, 1.82) is 0 Å². The Hall–Kier alpha value is -2.91. The predicted molar refractivity (Wildman–Crippen MR) is 127 cm³/mol. The average Bonchev–Trinajstić information content (AvgIpc) is 3.17. The molecule has 0 spiro atoms. The van der Waals surface area contributed by atoms with Crippen molar-refractivity contribution in [2.24, 2.45) is 7.05 Å². The minimum atomic E-state index is -3.88. The van der Waals surface area contributed by atoms with Crippen LogP contribution in [-0.4, -0.2) is 40.1 Å². The number of nitrogens with zero attached hydrogens (tertiary/aromatic N) is 3. The Bertz CT molecular complexity index is 1270. The summed E-state index contributed by atoms with van der Waals surface area (Å²) < 4.78 is 36.0. The molecule has 0 radical (unpaired) electrons. The molecule has 0 aliphatic rings. The zero-order valence-electron chi connectivity index (χ0n) is 20.3. The maximum Gasteiger partial charge on any atom is 0.355 e. The van der Waals surface area contributed by atoms with Crippen molar-refractivity contribution >= 4 is 16.0 Å². The number of carbonyl (C=O) groups excluding carboxylic acids is 1. The van der Waals surface area contributed by atoms with E-state index in [9.17, 15) is 13.2 Å². The molecule has 3 aromatic rings. The summed E-state index contributed by atoms with van der Waals surface area (Å²) in [5, 5.41) is 4.31. The van der Waals surface area contributed by atoms with Crippen LogP contribution in [0.4, 0.5) is 0 Å². The molecule has 0 saturated heterocycles. The smallest absolute Gasteiger partial charge is 0.355 e. The van der Waals surface area contributed by atoms with Gasteiger partial charge in [0, 0.05) is 25.8 Å². The predicted octanol–water partition coefficient (Wildman–Crippen LogP) is 3.86. The van der Waals surface area contributed by atoms with Crippen molar-refractivity contribution in [1.82, 2.24) is 19.1 Å². The first kappa shape index (κ1) is 24.7. The van der Waals surface area contributed by atoms with Gasteiger partial charge in [0.2, 0.25) is 10.0 Å². The fourth-order valence-corrected chi connectivity index (χ4v) is 5.79. The number of aromatic nitrogens is 3. The van der Waals surface area contributed by atoms with E-state index >= 15 is 0 Å². The third kappa shape index (κ3) is 4.89. The molecule has 1 aromatic carbocycles. The van der Waals surface area contributed by atoms with Crippen LogP contribution < -0.4 is 0 Å². The highest BCUT2D eigenvalue weighted by Crippen LogP contribution is 2.29. The summed E-state index contributed by atoms with van der Waals surface area (Å²) in [6, 6.07) is 7.79. The van der Waals surface area contributed by atoms with Crippen LogP contribution in [0.3, 0.4) is 0 Å². The van der Waals surface area contributed by atoms with E-state index in [1.54, 1.807) is 32.5 Å². The number of nitrogens with one attached hydrogen (secondary N) is 1. The van der Waals surface area contributed by atoms with Crippen LogP contribution in [0.25, 0.3) is 0 Å². The second kappa shape index (κ2) is 9.52. The minimum Gasteiger partial charge on any atom is -0.461 e. The van der Waals surface area contributed by atoms with Crippen LogP contribution in [0.1, 0.15) is 56.7 Å². The molecule has 9 heteroatoms. The standard InChI is InChI=1S/C24H32N4O4S/c1-8-32-24(29)22-16(3)21(17(4)25-22)14-28(13-20-11-9-15(2)10-12-20)33(30,31)23-18(5)26-27(7)19(23)6/h9-12,25H,8,13-14H2,1-7H3. The molecule has 3 rings (SSSR count). The zero-order valence-corrected chi connectivity index (χ0v) is 21.1. The summed E-state index contributed by atoms with van der Waals surface area (Å²) in [4.78, 5) is 15.6. The van der Waals surface area contributed by atoms with Crippen molar-refractivity contribution in [2.75, 3.05) is 6.61 Å². The Balaban J connectivity index is 2.09. The molecule has 33 heavy (non-hydrogen) atoms. The van der Waals surface area contributed by atoms with Gasteiger partial charge in [-0.2, -0.15) is 9.40 Å². The van der Waals surface area contributed by atoms with Gasteiger partial charge in [-0.15, -0.1) is 0 Å². The SMILES string of the molecule is CCOC(=O)c1[nH]c(C)c(CN(Cc2ccc(C)cc2)S(=O)(=O)c2c(C)nn(C)c2C)c1C. The number of H-pyrrole nitrogens is 1. The summed E-state index contributed by atoms with van der Waals surface area (Å²) in [6.45, 7) is 11.4. The molecule has 0 fully saturated rings. The largest absolute Gasteiger partial charge is 0.461 e. The highest BCUT2D eigenvalue weighted by atomic mass is 32.2. The third-order valence-electron chi connectivity index (χ3n) is 5.93. The molecule has 2 aromatic heterocycles. The second-order valence-electron chi connectivity index (χ2n) is 8.33. The van der Waals surface area contributed by atoms with Crippen molar-refractivity contribution in [2.45, 2.75) is 59.5 Å². The van der Waals surface area contributed by atoms with E-state index in [2.05, 4.69) is 10.1 Å². The Morgan fingerprint density at radius 3 is 2.27 bits per heavy atom. The molecule has 8 nitrogen and oxygen atoms in total. The van der Waals surface area contributed by atoms with E-state index in [1.165, 1.54) is 4.31 Å². The molecular formula is C24H32N4O4S. The highest BCUT2D eigenvalue weighted by molar-refractivity contribution is 7.89. The number of ether oxygens (including phenoxy) is 1. The molecular weight excluding hydrogens is 440 g/mol. The average molecular weight is 473 g/mol. The number of sulfonamides is 1. The van der Waals surface area contributed by atoms with E-state index in [4.69, 9.17) is 4.74 Å². The number of esters is 1. The lowest BCUT2D eigenvalue weighted by Gasteiger charge is -2.23. The fourth-order valence-electron chi connectivity index (χ4n) is 3.99. The van der Waals surface area contributed by atoms with Gasteiger partial charge < -0.3 is 9.72 Å². The molecule has 0 amide bonds. The lowest BCUT2D eigenvalue weighted by Crippen LogP contribution is -2.31. The molecule has 0 unspecified atom stereocenters. The lowest BCUT2D eigenvalue weighted by molar-refractivity contribution is 0.0519. The summed E-state index contributed by atoms with van der Waals surface area (Å²) in [6.07, 6.45) is 0. The first-order valence-corrected chi connectivity index (χ1v) is 12.3. The van der Waals surface area contributed by atoms with Crippen LogP contribution >= 0.6 is 0 Å². The zero-order chi connectivity index (χ0) is 24.5. The quantitative estimate of drug-likeness (QED) is 0.502. The Morgan fingerprint density at radius 2 is 1.73 bits per heavy atom. The Kier molecular flexibility index (Phi) is 7.14. The Labute approximate surface area is 195 Å². The van der Waals surface area contributed by atoms with Gasteiger partial charge in [-0.25, -0.2) is 13.2 Å². The van der Waals surface area contributed by atoms with E-state index in [0.717, 1.165) is 22.4 Å². The first-order valence-electron chi connectivity index (χ1n) is 10.9. The number of hydrogen-bond acceptors (Lipinski definition) is 5. The van der Waals surface area contributed by atoms with Crippen LogP contribution in [0.2, 0.25) is 0 Å². The maximum absolute atomic E-state index is 13.9. The minimum absolute atomic E-state index is 0.109. The lowest BCUT2D eigenvalue weighted by atomic mass is 10.1. The third-order valence-corrected chi connectivity index (χ3v) is 7.97. The van der Waals surface area contributed by atoms with Gasteiger partial charge in [-0.3, -0.25) is 4.68 Å². The monoisotopic (exact) mass is 472 g/mol. The number of carbonyl (C=O) groups is 1. The van der Waals surface area contributed by atoms with Crippen molar-refractivity contribution in [3.63, 3.8) is 0 Å². The molecule has 0 aliphatic heterocycles. The van der Waals surface area contributed by atoms with Crippen molar-refractivity contribution in [3.05, 3.63) is 69.3 Å². The van der Waals surface area contributed by atoms with E-state index in [-0.39, 0.29) is 24.6 Å². The van der Waals surface area contributed by atoms with Crippen molar-refractivity contribution in [3.8, 4) is 0 Å². The van der Waals surface area contributed by atoms with E-state index in [0.29, 0.717) is 22.6 Å². The van der Waals surface area contributed by atoms with Gasteiger partial charge in [-0.1, -0.05) is 29.8 Å². The van der Waals surface area contributed by atoms with Gasteiger partial charge in [0.1, 0.15) is 10.6 Å². The Morgan fingerprint density at radius 1 is 1.09 bits per heavy atom. The number of aromatic amines is 1. The molecule has 0 saturated carbocycles. The second-order valence-corrected chi connectivity index (χ2v) is 10.2.